The van der Waals surface area contributed by atoms with Crippen molar-refractivity contribution in [3.63, 3.8) is 0 Å². The Morgan fingerprint density at radius 1 is 1.15 bits per heavy atom. The number of rotatable bonds is 3. The van der Waals surface area contributed by atoms with Gasteiger partial charge in [0.2, 0.25) is 6.79 Å². The average Bonchev–Trinajstić information content (AvgIpc) is 2.94. The highest BCUT2D eigenvalue weighted by Gasteiger charge is 2.19. The van der Waals surface area contributed by atoms with Crippen LogP contribution in [0.4, 0.5) is 4.39 Å². The maximum absolute atomic E-state index is 13.7. The van der Waals surface area contributed by atoms with Gasteiger partial charge in [-0.2, -0.15) is 5.26 Å². The van der Waals surface area contributed by atoms with E-state index in [-0.39, 0.29) is 12.6 Å². The molecule has 4 heteroatoms. The molecular weight excluding hydrogens is 257 g/mol. The summed E-state index contributed by atoms with van der Waals surface area (Å²) in [6.45, 7) is 0.198. The zero-order chi connectivity index (χ0) is 13.9. The predicted molar refractivity (Wildman–Crippen MR) is 71.0 cm³/mol. The lowest BCUT2D eigenvalue weighted by Gasteiger charge is -2.11. The zero-order valence-corrected chi connectivity index (χ0v) is 10.7. The van der Waals surface area contributed by atoms with Crippen LogP contribution in [0.1, 0.15) is 17.0 Å². The third-order valence-electron chi connectivity index (χ3n) is 3.34. The molecule has 3 nitrogen and oxygen atoms in total. The van der Waals surface area contributed by atoms with Crippen LogP contribution in [-0.4, -0.2) is 6.79 Å². The van der Waals surface area contributed by atoms with Gasteiger partial charge in [-0.05, 0) is 35.7 Å². The number of hydrogen-bond acceptors (Lipinski definition) is 3. The van der Waals surface area contributed by atoms with Gasteiger partial charge in [0.1, 0.15) is 5.82 Å². The number of hydrogen-bond donors (Lipinski definition) is 0. The number of ether oxygens (including phenoxy) is 2. The Bertz CT molecular complexity index is 678. The Morgan fingerprint density at radius 2 is 1.95 bits per heavy atom. The van der Waals surface area contributed by atoms with Crippen LogP contribution in [0, 0.1) is 17.1 Å². The third kappa shape index (κ3) is 2.30. The summed E-state index contributed by atoms with van der Waals surface area (Å²) in [4.78, 5) is 0. The molecule has 0 fully saturated rings. The van der Waals surface area contributed by atoms with Crippen LogP contribution in [0.25, 0.3) is 0 Å². The summed E-state index contributed by atoms with van der Waals surface area (Å²) >= 11 is 0. The molecule has 1 aliphatic rings. The minimum atomic E-state index is -0.415. The van der Waals surface area contributed by atoms with Crippen molar-refractivity contribution in [3.05, 3.63) is 59.4 Å². The molecule has 2 aromatic rings. The number of benzene rings is 2. The normalized spacial score (nSPS) is 13.8. The summed E-state index contributed by atoms with van der Waals surface area (Å²) in [5.41, 5.74) is 1.34. The molecular formula is C16H12FNO2. The lowest BCUT2D eigenvalue weighted by molar-refractivity contribution is 0.174. The van der Waals surface area contributed by atoms with Gasteiger partial charge in [0.25, 0.3) is 0 Å². The van der Waals surface area contributed by atoms with E-state index in [1.807, 2.05) is 6.07 Å². The minimum Gasteiger partial charge on any atom is -0.454 e. The maximum atomic E-state index is 13.7. The van der Waals surface area contributed by atoms with Gasteiger partial charge in [-0.1, -0.05) is 24.3 Å². The lowest BCUT2D eigenvalue weighted by Crippen LogP contribution is -2.02. The monoisotopic (exact) mass is 269 g/mol. The first-order chi connectivity index (χ1) is 9.78. The highest BCUT2D eigenvalue weighted by Crippen LogP contribution is 2.35. The van der Waals surface area contributed by atoms with E-state index in [0.717, 1.165) is 5.56 Å². The Balaban J connectivity index is 1.87. The van der Waals surface area contributed by atoms with Gasteiger partial charge in [-0.25, -0.2) is 4.39 Å². The van der Waals surface area contributed by atoms with Gasteiger partial charge in [-0.3, -0.25) is 0 Å². The van der Waals surface area contributed by atoms with Gasteiger partial charge in [0.15, 0.2) is 11.5 Å². The van der Waals surface area contributed by atoms with Gasteiger partial charge in [0.05, 0.1) is 12.0 Å². The first kappa shape index (κ1) is 12.5. The predicted octanol–water partition coefficient (Wildman–Crippen LogP) is 3.40. The van der Waals surface area contributed by atoms with Crippen molar-refractivity contribution in [1.82, 2.24) is 0 Å². The highest BCUT2D eigenvalue weighted by atomic mass is 19.1. The van der Waals surface area contributed by atoms with Gasteiger partial charge in [0, 0.05) is 0 Å². The van der Waals surface area contributed by atoms with Crippen molar-refractivity contribution in [2.24, 2.45) is 0 Å². The first-order valence-electron chi connectivity index (χ1n) is 6.30. The average molecular weight is 269 g/mol. The van der Waals surface area contributed by atoms with Crippen molar-refractivity contribution < 1.29 is 13.9 Å². The second-order valence-corrected chi connectivity index (χ2v) is 4.59. The van der Waals surface area contributed by atoms with Crippen molar-refractivity contribution in [1.29, 1.82) is 5.26 Å². The van der Waals surface area contributed by atoms with Gasteiger partial charge < -0.3 is 9.47 Å². The molecule has 0 aromatic heterocycles. The molecule has 0 spiro atoms. The minimum absolute atomic E-state index is 0.198. The molecule has 0 saturated carbocycles. The van der Waals surface area contributed by atoms with Crippen molar-refractivity contribution in [3.8, 4) is 17.6 Å². The van der Waals surface area contributed by atoms with Gasteiger partial charge in [-0.15, -0.1) is 0 Å². The molecule has 0 radical (unpaired) electrons. The van der Waals surface area contributed by atoms with Crippen LogP contribution < -0.4 is 9.47 Å². The second kappa shape index (κ2) is 5.22. The standard InChI is InChI=1S/C16H12FNO2/c17-14-4-2-1-3-12(14)7-13(9-18)11-5-6-15-16(8-11)20-10-19-15/h1-6,8,13H,7,10H2. The molecule has 1 atom stereocenters. The molecule has 1 unspecified atom stereocenters. The van der Waals surface area contributed by atoms with Crippen molar-refractivity contribution in [2.75, 3.05) is 6.79 Å². The Hall–Kier alpha value is -2.54. The quantitative estimate of drug-likeness (QED) is 0.857. The summed E-state index contributed by atoms with van der Waals surface area (Å²) in [5, 5.41) is 9.34. The lowest BCUT2D eigenvalue weighted by atomic mass is 9.93. The fourth-order valence-corrected chi connectivity index (χ4v) is 2.25. The summed E-state index contributed by atoms with van der Waals surface area (Å²) in [6, 6.07) is 14.1. The molecule has 1 heterocycles. The van der Waals surface area contributed by atoms with E-state index in [1.54, 1.807) is 30.3 Å². The first-order valence-corrected chi connectivity index (χ1v) is 6.30. The summed E-state index contributed by atoms with van der Waals surface area (Å²) in [7, 11) is 0. The molecule has 3 rings (SSSR count). The Kier molecular flexibility index (Phi) is 3.26. The van der Waals surface area contributed by atoms with E-state index in [9.17, 15) is 9.65 Å². The number of fused-ring (bicyclic) bond motifs is 1. The van der Waals surface area contributed by atoms with E-state index in [2.05, 4.69) is 6.07 Å². The van der Waals surface area contributed by atoms with Crippen LogP contribution in [0.2, 0.25) is 0 Å². The molecule has 0 N–H and O–H groups in total. The van der Waals surface area contributed by atoms with E-state index < -0.39 is 5.92 Å². The Morgan fingerprint density at radius 3 is 2.75 bits per heavy atom. The van der Waals surface area contributed by atoms with E-state index >= 15 is 0 Å². The summed E-state index contributed by atoms with van der Waals surface area (Å²) < 4.78 is 24.2. The highest BCUT2D eigenvalue weighted by molar-refractivity contribution is 5.46. The molecule has 20 heavy (non-hydrogen) atoms. The maximum Gasteiger partial charge on any atom is 0.231 e. The topological polar surface area (TPSA) is 42.2 Å². The second-order valence-electron chi connectivity index (χ2n) is 4.59. The van der Waals surface area contributed by atoms with E-state index in [0.29, 0.717) is 23.5 Å². The SMILES string of the molecule is N#CC(Cc1ccccc1F)c1ccc2c(c1)OCO2. The largest absolute Gasteiger partial charge is 0.454 e. The molecule has 0 saturated heterocycles. The fourth-order valence-electron chi connectivity index (χ4n) is 2.25. The molecule has 2 aromatic carbocycles. The van der Waals surface area contributed by atoms with Crippen LogP contribution in [0.3, 0.4) is 0 Å². The van der Waals surface area contributed by atoms with Crippen LogP contribution in [0.5, 0.6) is 11.5 Å². The number of nitriles is 1. The van der Waals surface area contributed by atoms with Crippen LogP contribution >= 0.6 is 0 Å². The third-order valence-corrected chi connectivity index (χ3v) is 3.34. The van der Waals surface area contributed by atoms with Crippen molar-refractivity contribution in [2.45, 2.75) is 12.3 Å². The molecule has 0 aliphatic carbocycles. The molecule has 1 aliphatic heterocycles. The fraction of sp³-hybridized carbons (Fsp3) is 0.188. The van der Waals surface area contributed by atoms with Crippen LogP contribution in [-0.2, 0) is 6.42 Å². The van der Waals surface area contributed by atoms with Crippen molar-refractivity contribution >= 4 is 0 Å². The summed E-state index contributed by atoms with van der Waals surface area (Å²) in [5.74, 6) is 0.613. The molecule has 0 amide bonds. The molecule has 100 valence electrons. The van der Waals surface area contributed by atoms with E-state index in [4.69, 9.17) is 9.47 Å². The van der Waals surface area contributed by atoms with Crippen LogP contribution in [0.15, 0.2) is 42.5 Å². The Labute approximate surface area is 116 Å². The van der Waals surface area contributed by atoms with E-state index in [1.165, 1.54) is 6.07 Å². The van der Waals surface area contributed by atoms with Gasteiger partial charge >= 0.3 is 0 Å². The molecule has 0 bridgehead atoms. The summed E-state index contributed by atoms with van der Waals surface area (Å²) in [6.07, 6.45) is 0.336. The smallest absolute Gasteiger partial charge is 0.231 e. The number of nitrogens with zero attached hydrogens (tertiary/aromatic N) is 1. The zero-order valence-electron chi connectivity index (χ0n) is 10.7. The number of halogens is 1.